The Kier molecular flexibility index (Phi) is 10.0. The van der Waals surface area contributed by atoms with E-state index in [0.29, 0.717) is 12.3 Å². The van der Waals surface area contributed by atoms with E-state index in [1.165, 1.54) is 12.5 Å². The number of fused-ring (bicyclic) bond motifs is 1. The Bertz CT molecular complexity index is 889. The van der Waals surface area contributed by atoms with Crippen LogP contribution < -0.4 is 5.32 Å². The van der Waals surface area contributed by atoms with Crippen molar-refractivity contribution >= 4 is 17.8 Å². The summed E-state index contributed by atoms with van der Waals surface area (Å²) >= 11 is 0. The van der Waals surface area contributed by atoms with Gasteiger partial charge in [0.25, 0.3) is 0 Å². The van der Waals surface area contributed by atoms with Crippen LogP contribution in [0.1, 0.15) is 92.9 Å². The van der Waals surface area contributed by atoms with Crippen molar-refractivity contribution in [3.63, 3.8) is 0 Å². The third-order valence-corrected chi connectivity index (χ3v) is 8.35. The summed E-state index contributed by atoms with van der Waals surface area (Å²) in [5.41, 5.74) is 0.696. The molecule has 3 aliphatic rings. The third-order valence-electron chi connectivity index (χ3n) is 8.35. The normalized spacial score (nSPS) is 28.9. The van der Waals surface area contributed by atoms with Gasteiger partial charge in [0.1, 0.15) is 12.2 Å². The molecule has 0 heterocycles. The molecule has 7 nitrogen and oxygen atoms in total. The first-order valence-corrected chi connectivity index (χ1v) is 14.1. The van der Waals surface area contributed by atoms with Gasteiger partial charge in [0.2, 0.25) is 5.91 Å². The average molecular weight is 518 g/mol. The van der Waals surface area contributed by atoms with Crippen LogP contribution in [0.2, 0.25) is 0 Å². The van der Waals surface area contributed by atoms with E-state index >= 15 is 0 Å². The summed E-state index contributed by atoms with van der Waals surface area (Å²) in [6.07, 6.45) is 10.2. The van der Waals surface area contributed by atoms with Crippen molar-refractivity contribution in [2.24, 2.45) is 29.1 Å². The molecule has 0 aromatic rings. The third kappa shape index (κ3) is 8.42. The lowest BCUT2D eigenvalue weighted by Crippen LogP contribution is -2.43. The molecule has 208 valence electrons. The first kappa shape index (κ1) is 29.4. The van der Waals surface area contributed by atoms with Crippen molar-refractivity contribution in [3.8, 4) is 0 Å². The summed E-state index contributed by atoms with van der Waals surface area (Å²) in [5, 5.41) is 13.8. The first-order chi connectivity index (χ1) is 17.4. The molecule has 3 rings (SSSR count). The highest BCUT2D eigenvalue weighted by molar-refractivity contribution is 5.77. The Morgan fingerprint density at radius 3 is 2.54 bits per heavy atom. The van der Waals surface area contributed by atoms with Gasteiger partial charge in [-0.2, -0.15) is 0 Å². The molecular weight excluding hydrogens is 470 g/mol. The summed E-state index contributed by atoms with van der Waals surface area (Å²) in [5.74, 6) is 0.162. The molecule has 37 heavy (non-hydrogen) atoms. The number of rotatable bonds is 12. The molecule has 1 saturated carbocycles. The Morgan fingerprint density at radius 2 is 1.92 bits per heavy atom. The lowest BCUT2D eigenvalue weighted by Gasteiger charge is -2.44. The van der Waals surface area contributed by atoms with Crippen LogP contribution >= 0.6 is 0 Å². The summed E-state index contributed by atoms with van der Waals surface area (Å²) in [7, 11) is 0. The van der Waals surface area contributed by atoms with Crippen LogP contribution in [0, 0.1) is 29.1 Å². The fraction of sp³-hybridized carbons (Fsp3) is 0.767. The maximum Gasteiger partial charge on any atom is 0.311 e. The van der Waals surface area contributed by atoms with Gasteiger partial charge in [-0.1, -0.05) is 39.0 Å². The highest BCUT2D eigenvalue weighted by Gasteiger charge is 2.43. The largest absolute Gasteiger partial charge is 0.462 e. The van der Waals surface area contributed by atoms with E-state index < -0.39 is 23.6 Å². The number of allylic oxidation sites excluding steroid dienone is 3. The zero-order valence-corrected chi connectivity index (χ0v) is 23.5. The molecule has 1 amide bonds. The predicted molar refractivity (Wildman–Crippen MR) is 142 cm³/mol. The van der Waals surface area contributed by atoms with Crippen LogP contribution in [-0.2, 0) is 23.9 Å². The van der Waals surface area contributed by atoms with Crippen molar-refractivity contribution in [2.45, 2.75) is 117 Å². The van der Waals surface area contributed by atoms with Gasteiger partial charge in [0, 0.05) is 25.3 Å². The quantitative estimate of drug-likeness (QED) is 0.358. The molecular formula is C30H47NO6. The minimum absolute atomic E-state index is 0.0638. The number of esters is 2. The lowest BCUT2D eigenvalue weighted by molar-refractivity contribution is -0.165. The SMILES string of the molecule is CCC(C)(C)C(=O)OC1CC(C)C=C2C=CC(C)C(CCC(O)CC(CC(=O)NC3CC3)OC(C)=O)C21. The number of aliphatic hydroxyl groups is 1. The Labute approximate surface area is 222 Å². The van der Waals surface area contributed by atoms with E-state index in [2.05, 4.69) is 37.4 Å². The van der Waals surface area contributed by atoms with E-state index in [1.807, 2.05) is 20.8 Å². The molecule has 3 aliphatic carbocycles. The second-order valence-electron chi connectivity index (χ2n) is 12.2. The van der Waals surface area contributed by atoms with Crippen LogP contribution in [0.4, 0.5) is 0 Å². The lowest BCUT2D eigenvalue weighted by atomic mass is 9.65. The molecule has 0 aromatic carbocycles. The Balaban J connectivity index is 1.65. The highest BCUT2D eigenvalue weighted by Crippen LogP contribution is 2.45. The van der Waals surface area contributed by atoms with Gasteiger partial charge in [-0.3, -0.25) is 14.4 Å². The van der Waals surface area contributed by atoms with Gasteiger partial charge >= 0.3 is 11.9 Å². The van der Waals surface area contributed by atoms with Crippen LogP contribution in [0.25, 0.3) is 0 Å². The predicted octanol–water partition coefficient (Wildman–Crippen LogP) is 4.87. The van der Waals surface area contributed by atoms with Gasteiger partial charge in [-0.05, 0) is 75.7 Å². The van der Waals surface area contributed by atoms with E-state index in [1.54, 1.807) is 0 Å². The van der Waals surface area contributed by atoms with Gasteiger partial charge in [0.05, 0.1) is 17.9 Å². The topological polar surface area (TPSA) is 102 Å². The Morgan fingerprint density at radius 1 is 1.22 bits per heavy atom. The van der Waals surface area contributed by atoms with Gasteiger partial charge < -0.3 is 19.9 Å². The highest BCUT2D eigenvalue weighted by atomic mass is 16.5. The van der Waals surface area contributed by atoms with Crippen molar-refractivity contribution in [1.29, 1.82) is 0 Å². The number of hydrogen-bond acceptors (Lipinski definition) is 6. The molecule has 0 aliphatic heterocycles. The molecule has 0 spiro atoms. The van der Waals surface area contributed by atoms with Crippen molar-refractivity contribution < 1.29 is 29.0 Å². The summed E-state index contributed by atoms with van der Waals surface area (Å²) in [4.78, 5) is 36.9. The minimum atomic E-state index is -0.703. The second-order valence-corrected chi connectivity index (χ2v) is 12.2. The maximum absolute atomic E-state index is 13.0. The van der Waals surface area contributed by atoms with Gasteiger partial charge in [-0.15, -0.1) is 0 Å². The molecule has 7 unspecified atom stereocenters. The second kappa shape index (κ2) is 12.6. The van der Waals surface area contributed by atoms with E-state index in [4.69, 9.17) is 9.47 Å². The van der Waals surface area contributed by atoms with E-state index in [9.17, 15) is 19.5 Å². The number of hydrogen-bond donors (Lipinski definition) is 2. The van der Waals surface area contributed by atoms with Gasteiger partial charge in [-0.25, -0.2) is 0 Å². The monoisotopic (exact) mass is 517 g/mol. The minimum Gasteiger partial charge on any atom is -0.462 e. The molecule has 0 aromatic heterocycles. The number of nitrogens with one attached hydrogen (secondary N) is 1. The van der Waals surface area contributed by atoms with Crippen molar-refractivity contribution in [2.75, 3.05) is 0 Å². The molecule has 1 fully saturated rings. The molecule has 7 heteroatoms. The smallest absolute Gasteiger partial charge is 0.311 e. The molecule has 0 bridgehead atoms. The number of amides is 1. The maximum atomic E-state index is 13.0. The molecule has 0 radical (unpaired) electrons. The number of carbonyl (C=O) groups is 3. The zero-order chi connectivity index (χ0) is 27.3. The summed E-state index contributed by atoms with van der Waals surface area (Å²) in [6.45, 7) is 11.5. The van der Waals surface area contributed by atoms with Crippen LogP contribution in [-0.4, -0.2) is 47.3 Å². The molecule has 7 atom stereocenters. The summed E-state index contributed by atoms with van der Waals surface area (Å²) < 4.78 is 11.6. The fourth-order valence-electron chi connectivity index (χ4n) is 5.60. The van der Waals surface area contributed by atoms with E-state index in [-0.39, 0.29) is 54.6 Å². The van der Waals surface area contributed by atoms with Crippen LogP contribution in [0.15, 0.2) is 23.8 Å². The zero-order valence-electron chi connectivity index (χ0n) is 23.5. The average Bonchev–Trinajstić information content (AvgIpc) is 3.61. The van der Waals surface area contributed by atoms with Crippen molar-refractivity contribution in [1.82, 2.24) is 5.32 Å². The van der Waals surface area contributed by atoms with Crippen LogP contribution in [0.3, 0.4) is 0 Å². The number of aliphatic hydroxyl groups excluding tert-OH is 1. The number of carbonyl (C=O) groups excluding carboxylic acids is 3. The van der Waals surface area contributed by atoms with Gasteiger partial charge in [0.15, 0.2) is 0 Å². The first-order valence-electron chi connectivity index (χ1n) is 14.1. The number of ether oxygens (including phenoxy) is 2. The molecule has 2 N–H and O–H groups in total. The fourth-order valence-corrected chi connectivity index (χ4v) is 5.60. The van der Waals surface area contributed by atoms with E-state index in [0.717, 1.165) is 32.1 Å². The Hall–Kier alpha value is -2.15. The molecule has 0 saturated heterocycles. The van der Waals surface area contributed by atoms with Crippen LogP contribution in [0.5, 0.6) is 0 Å². The standard InChI is InChI=1S/C30H47NO6/c1-7-30(5,6)29(35)37-26-15-18(2)14-21-9-8-19(3)25(28(21)26)13-12-23(33)16-24(36-20(4)32)17-27(34)31-22-10-11-22/h8-9,14,18-19,22-26,28,33H,7,10-13,15-17H2,1-6H3,(H,31,34). The summed E-state index contributed by atoms with van der Waals surface area (Å²) in [6, 6.07) is 0.238. The van der Waals surface area contributed by atoms with Crippen molar-refractivity contribution in [3.05, 3.63) is 23.8 Å².